The summed E-state index contributed by atoms with van der Waals surface area (Å²) in [5.41, 5.74) is -1.82. The van der Waals surface area contributed by atoms with Gasteiger partial charge in [0.1, 0.15) is 36.2 Å². The minimum Gasteiger partial charge on any atom is -0.381 e. The van der Waals surface area contributed by atoms with Gasteiger partial charge in [-0.2, -0.15) is 5.10 Å². The molecule has 3 aromatic rings. The second kappa shape index (κ2) is 5.56. The Hall–Kier alpha value is -2.75. The quantitative estimate of drug-likeness (QED) is 0.720. The normalized spacial score (nSPS) is 14.0. The fourth-order valence-electron chi connectivity index (χ4n) is 2.19. The predicted molar refractivity (Wildman–Crippen MR) is 68.1 cm³/mol. The highest BCUT2D eigenvalue weighted by Crippen LogP contribution is 2.28. The van der Waals surface area contributed by atoms with Crippen molar-refractivity contribution in [2.24, 2.45) is 0 Å². The number of hydrogen-bond acceptors (Lipinski definition) is 6. The van der Waals surface area contributed by atoms with E-state index in [2.05, 4.69) is 25.6 Å². The van der Waals surface area contributed by atoms with Crippen LogP contribution in [0.15, 0.2) is 37.2 Å². The van der Waals surface area contributed by atoms with Crippen molar-refractivity contribution in [1.29, 1.82) is 0 Å². The van der Waals surface area contributed by atoms with Gasteiger partial charge in [0.05, 0.1) is 13.1 Å². The molecular weight excluding hydrogens is 296 g/mol. The van der Waals surface area contributed by atoms with E-state index in [1.165, 1.54) is 34.4 Å². The maximum atomic E-state index is 14.1. The molecule has 2 aromatic heterocycles. The number of nitrogens with zero attached hydrogens (tertiary/aromatic N) is 7. The summed E-state index contributed by atoms with van der Waals surface area (Å²) in [4.78, 5) is 3.77. The summed E-state index contributed by atoms with van der Waals surface area (Å²) < 4.78 is 29.8. The van der Waals surface area contributed by atoms with E-state index in [1.807, 2.05) is 0 Å². The third kappa shape index (κ3) is 2.81. The fourth-order valence-corrected chi connectivity index (χ4v) is 2.19. The van der Waals surface area contributed by atoms with Gasteiger partial charge < -0.3 is 5.11 Å². The van der Waals surface area contributed by atoms with Crippen molar-refractivity contribution in [2.45, 2.75) is 18.7 Å². The van der Waals surface area contributed by atoms with E-state index in [4.69, 9.17) is 0 Å². The molecule has 1 unspecified atom stereocenters. The van der Waals surface area contributed by atoms with Crippen LogP contribution in [-0.2, 0) is 18.7 Å². The van der Waals surface area contributed by atoms with Gasteiger partial charge in [-0.15, -0.1) is 5.10 Å². The van der Waals surface area contributed by atoms with Gasteiger partial charge in [0.25, 0.3) is 0 Å². The third-order valence-corrected chi connectivity index (χ3v) is 3.14. The first-order valence-corrected chi connectivity index (χ1v) is 6.28. The van der Waals surface area contributed by atoms with Crippen LogP contribution in [0.2, 0.25) is 0 Å². The van der Waals surface area contributed by atoms with Gasteiger partial charge in [0.15, 0.2) is 0 Å². The standard InChI is InChI=1S/C12H11F2N7O/c13-9-1-2-10(11(14)3-9)12(22,4-20-7-15-6-17-20)5-21-8-16-18-19-21/h1-3,6-8,22H,4-5H2. The van der Waals surface area contributed by atoms with Crippen LogP contribution in [0.3, 0.4) is 0 Å². The van der Waals surface area contributed by atoms with Gasteiger partial charge in [-0.3, -0.25) is 0 Å². The lowest BCUT2D eigenvalue weighted by Crippen LogP contribution is -2.37. The second-order valence-corrected chi connectivity index (χ2v) is 4.76. The molecule has 1 N–H and O–H groups in total. The van der Waals surface area contributed by atoms with E-state index >= 15 is 0 Å². The summed E-state index contributed by atoms with van der Waals surface area (Å²) in [7, 11) is 0. The number of benzene rings is 1. The van der Waals surface area contributed by atoms with Gasteiger partial charge in [-0.1, -0.05) is 6.07 Å². The number of tetrazole rings is 1. The molecule has 10 heteroatoms. The first-order valence-electron chi connectivity index (χ1n) is 6.28. The molecule has 0 amide bonds. The number of rotatable bonds is 5. The lowest BCUT2D eigenvalue weighted by molar-refractivity contribution is -0.00894. The minimum atomic E-state index is -1.74. The van der Waals surface area contributed by atoms with Crippen LogP contribution in [-0.4, -0.2) is 40.1 Å². The average Bonchev–Trinajstić information content (AvgIpc) is 3.12. The van der Waals surface area contributed by atoms with Crippen molar-refractivity contribution in [3.8, 4) is 0 Å². The summed E-state index contributed by atoms with van der Waals surface area (Å²) >= 11 is 0. The number of aliphatic hydroxyl groups is 1. The zero-order chi connectivity index (χ0) is 15.6. The molecule has 1 aromatic carbocycles. The van der Waals surface area contributed by atoms with Crippen LogP contribution in [0.25, 0.3) is 0 Å². The van der Waals surface area contributed by atoms with E-state index in [-0.39, 0.29) is 18.7 Å². The van der Waals surface area contributed by atoms with Crippen molar-refractivity contribution in [2.75, 3.05) is 0 Å². The highest BCUT2D eigenvalue weighted by molar-refractivity contribution is 5.25. The molecule has 22 heavy (non-hydrogen) atoms. The number of aromatic nitrogens is 7. The Morgan fingerprint density at radius 3 is 2.59 bits per heavy atom. The van der Waals surface area contributed by atoms with Crippen LogP contribution >= 0.6 is 0 Å². The van der Waals surface area contributed by atoms with E-state index < -0.39 is 17.2 Å². The molecule has 0 saturated heterocycles. The molecule has 0 fully saturated rings. The lowest BCUT2D eigenvalue weighted by Gasteiger charge is -2.28. The van der Waals surface area contributed by atoms with Crippen LogP contribution in [0, 0.1) is 11.6 Å². The Morgan fingerprint density at radius 1 is 1.14 bits per heavy atom. The van der Waals surface area contributed by atoms with Crippen LogP contribution in [0.5, 0.6) is 0 Å². The highest BCUT2D eigenvalue weighted by atomic mass is 19.1. The topological polar surface area (TPSA) is 94.5 Å². The highest BCUT2D eigenvalue weighted by Gasteiger charge is 2.34. The molecule has 0 radical (unpaired) electrons. The maximum absolute atomic E-state index is 14.1. The van der Waals surface area contributed by atoms with E-state index in [9.17, 15) is 13.9 Å². The zero-order valence-electron chi connectivity index (χ0n) is 11.2. The van der Waals surface area contributed by atoms with Crippen LogP contribution < -0.4 is 0 Å². The fraction of sp³-hybridized carbons (Fsp3) is 0.250. The van der Waals surface area contributed by atoms with Crippen molar-refractivity contribution in [3.05, 3.63) is 54.4 Å². The molecule has 114 valence electrons. The third-order valence-electron chi connectivity index (χ3n) is 3.14. The average molecular weight is 307 g/mol. The van der Waals surface area contributed by atoms with Gasteiger partial charge in [0, 0.05) is 11.6 Å². The van der Waals surface area contributed by atoms with Crippen molar-refractivity contribution in [3.63, 3.8) is 0 Å². The molecule has 0 aliphatic carbocycles. The van der Waals surface area contributed by atoms with E-state index in [1.54, 1.807) is 0 Å². The van der Waals surface area contributed by atoms with Gasteiger partial charge in [0.2, 0.25) is 0 Å². The van der Waals surface area contributed by atoms with Crippen LogP contribution in [0.4, 0.5) is 8.78 Å². The Kier molecular flexibility index (Phi) is 3.59. The Labute approximate surface area is 123 Å². The smallest absolute Gasteiger partial charge is 0.138 e. The van der Waals surface area contributed by atoms with E-state index in [0.717, 1.165) is 6.07 Å². The number of hydrogen-bond donors (Lipinski definition) is 1. The molecule has 0 saturated carbocycles. The van der Waals surface area contributed by atoms with Gasteiger partial charge in [-0.05, 0) is 16.5 Å². The summed E-state index contributed by atoms with van der Waals surface area (Å²) in [6.45, 7) is -0.238. The molecule has 0 aliphatic heterocycles. The SMILES string of the molecule is OC(Cn1cncn1)(Cn1cnnn1)c1ccc(F)cc1F. The van der Waals surface area contributed by atoms with Crippen molar-refractivity contribution >= 4 is 0 Å². The zero-order valence-corrected chi connectivity index (χ0v) is 11.2. The molecule has 0 bridgehead atoms. The summed E-state index contributed by atoms with van der Waals surface area (Å²) in [6.07, 6.45) is 3.96. The molecule has 8 nitrogen and oxygen atoms in total. The second-order valence-electron chi connectivity index (χ2n) is 4.76. The molecule has 0 spiro atoms. The molecule has 1 atom stereocenters. The summed E-state index contributed by atoms with van der Waals surface area (Å²) in [6, 6.07) is 2.97. The first-order chi connectivity index (χ1) is 10.6. The first kappa shape index (κ1) is 14.2. The molecule has 3 rings (SSSR count). The minimum absolute atomic E-state index is 0.0834. The largest absolute Gasteiger partial charge is 0.381 e. The predicted octanol–water partition coefficient (Wildman–Crippen LogP) is 0.131. The maximum Gasteiger partial charge on any atom is 0.138 e. The molecular formula is C12H11F2N7O. The number of halogens is 2. The van der Waals surface area contributed by atoms with Crippen molar-refractivity contribution in [1.82, 2.24) is 35.0 Å². The van der Waals surface area contributed by atoms with Crippen molar-refractivity contribution < 1.29 is 13.9 Å². The monoisotopic (exact) mass is 307 g/mol. The van der Waals surface area contributed by atoms with Crippen LogP contribution in [0.1, 0.15) is 5.56 Å². The summed E-state index contributed by atoms with van der Waals surface area (Å²) in [5, 5.41) is 25.4. The Bertz CT molecular complexity index is 709. The lowest BCUT2D eigenvalue weighted by atomic mass is 9.93. The van der Waals surface area contributed by atoms with Gasteiger partial charge >= 0.3 is 0 Å². The van der Waals surface area contributed by atoms with Gasteiger partial charge in [-0.25, -0.2) is 23.1 Å². The summed E-state index contributed by atoms with van der Waals surface area (Å²) in [5.74, 6) is -1.59. The Morgan fingerprint density at radius 2 is 1.95 bits per heavy atom. The Balaban J connectivity index is 2.01. The molecule has 2 heterocycles. The van der Waals surface area contributed by atoms with E-state index in [0.29, 0.717) is 6.07 Å². The molecule has 0 aliphatic rings.